The van der Waals surface area contributed by atoms with Crippen molar-refractivity contribution in [3.63, 3.8) is 0 Å². The van der Waals surface area contributed by atoms with E-state index in [4.69, 9.17) is 4.74 Å². The smallest absolute Gasteiger partial charge is 0.128 e. The van der Waals surface area contributed by atoms with Gasteiger partial charge in [0.2, 0.25) is 0 Å². The number of nitrogens with one attached hydrogen (secondary N) is 1. The summed E-state index contributed by atoms with van der Waals surface area (Å²) in [6.07, 6.45) is 1.79. The molecule has 0 aromatic heterocycles. The van der Waals surface area contributed by atoms with E-state index in [-0.39, 0.29) is 5.54 Å². The van der Waals surface area contributed by atoms with Crippen LogP contribution >= 0.6 is 0 Å². The van der Waals surface area contributed by atoms with Gasteiger partial charge in [-0.1, -0.05) is 12.1 Å². The van der Waals surface area contributed by atoms with Crippen molar-refractivity contribution in [2.45, 2.75) is 33.2 Å². The van der Waals surface area contributed by atoms with Gasteiger partial charge < -0.3 is 10.2 Å². The van der Waals surface area contributed by atoms with Crippen LogP contribution in [0.4, 0.5) is 0 Å². The molecular weight excluding hydrogens is 200 g/mol. The number of nitrogens with zero attached hydrogens (tertiary/aromatic N) is 1. The monoisotopic (exact) mass is 220 g/mol. The van der Waals surface area contributed by atoms with Crippen LogP contribution in [-0.4, -0.2) is 18.4 Å². The van der Waals surface area contributed by atoms with Gasteiger partial charge >= 0.3 is 0 Å². The highest BCUT2D eigenvalue weighted by Gasteiger charge is 2.06. The van der Waals surface area contributed by atoms with E-state index >= 15 is 0 Å². The maximum atomic E-state index is 5.50. The summed E-state index contributed by atoms with van der Waals surface area (Å²) < 4.78 is 5.50. The van der Waals surface area contributed by atoms with Gasteiger partial charge in [-0.3, -0.25) is 0 Å². The van der Waals surface area contributed by atoms with Crippen LogP contribution < -0.4 is 10.2 Å². The summed E-state index contributed by atoms with van der Waals surface area (Å²) in [6, 6.07) is 7.86. The Hall–Kier alpha value is -1.51. The van der Waals surface area contributed by atoms with Gasteiger partial charge in [-0.15, -0.1) is 0 Å². The van der Waals surface area contributed by atoms with Crippen molar-refractivity contribution in [1.82, 2.24) is 5.43 Å². The summed E-state index contributed by atoms with van der Waals surface area (Å²) in [5.41, 5.74) is 4.02. The summed E-state index contributed by atoms with van der Waals surface area (Å²) >= 11 is 0. The molecule has 0 heterocycles. The van der Waals surface area contributed by atoms with Gasteiger partial charge in [0.05, 0.1) is 12.8 Å². The predicted octanol–water partition coefficient (Wildman–Crippen LogP) is 2.81. The Kier molecular flexibility index (Phi) is 4.35. The average molecular weight is 220 g/mol. The molecule has 0 aliphatic carbocycles. The van der Waals surface area contributed by atoms with Crippen molar-refractivity contribution >= 4 is 6.21 Å². The third-order valence-electron chi connectivity index (χ3n) is 1.82. The minimum absolute atomic E-state index is 0.0168. The molecule has 16 heavy (non-hydrogen) atoms. The third-order valence-corrected chi connectivity index (χ3v) is 1.82. The average Bonchev–Trinajstić information content (AvgIpc) is 2.19. The molecule has 0 amide bonds. The molecule has 0 spiro atoms. The van der Waals surface area contributed by atoms with E-state index in [9.17, 15) is 0 Å². The van der Waals surface area contributed by atoms with E-state index in [1.165, 1.54) is 0 Å². The summed E-state index contributed by atoms with van der Waals surface area (Å²) in [4.78, 5) is 0. The molecule has 3 heteroatoms. The van der Waals surface area contributed by atoms with Crippen molar-refractivity contribution in [3.8, 4) is 5.75 Å². The molecule has 0 fully saturated rings. The van der Waals surface area contributed by atoms with Crippen molar-refractivity contribution in [2.75, 3.05) is 6.61 Å². The lowest BCUT2D eigenvalue weighted by atomic mass is 10.1. The number of hydrazone groups is 1. The lowest BCUT2D eigenvalue weighted by Gasteiger charge is -2.17. The summed E-state index contributed by atoms with van der Waals surface area (Å²) in [6.45, 7) is 8.84. The fraction of sp³-hybridized carbons (Fsp3) is 0.462. The number of hydrogen-bond acceptors (Lipinski definition) is 3. The van der Waals surface area contributed by atoms with Crippen LogP contribution in [0, 0.1) is 0 Å². The van der Waals surface area contributed by atoms with E-state index < -0.39 is 0 Å². The zero-order chi connectivity index (χ0) is 12.0. The molecule has 88 valence electrons. The van der Waals surface area contributed by atoms with E-state index in [0.29, 0.717) is 6.61 Å². The van der Waals surface area contributed by atoms with Crippen LogP contribution in [0.25, 0.3) is 0 Å². The van der Waals surface area contributed by atoms with Crippen molar-refractivity contribution < 1.29 is 4.74 Å². The maximum absolute atomic E-state index is 5.50. The normalized spacial score (nSPS) is 11.8. The van der Waals surface area contributed by atoms with Crippen molar-refractivity contribution in [3.05, 3.63) is 29.8 Å². The number of ether oxygens (including phenoxy) is 1. The van der Waals surface area contributed by atoms with Gasteiger partial charge in [0, 0.05) is 11.1 Å². The van der Waals surface area contributed by atoms with Crippen LogP contribution in [0.15, 0.2) is 29.4 Å². The Morgan fingerprint density at radius 2 is 2.00 bits per heavy atom. The molecule has 0 aliphatic heterocycles. The van der Waals surface area contributed by atoms with Crippen LogP contribution in [0.2, 0.25) is 0 Å². The molecule has 0 atom stereocenters. The minimum Gasteiger partial charge on any atom is -0.493 e. The molecule has 0 saturated heterocycles. The number of benzene rings is 1. The van der Waals surface area contributed by atoms with Crippen LogP contribution in [-0.2, 0) is 0 Å². The van der Waals surface area contributed by atoms with Gasteiger partial charge in [0.25, 0.3) is 0 Å². The van der Waals surface area contributed by atoms with Gasteiger partial charge in [-0.25, -0.2) is 0 Å². The highest BCUT2D eigenvalue weighted by atomic mass is 16.5. The van der Waals surface area contributed by atoms with Gasteiger partial charge in [-0.05, 0) is 39.8 Å². The Balaban J connectivity index is 2.72. The molecular formula is C13H20N2O. The van der Waals surface area contributed by atoms with Gasteiger partial charge in [-0.2, -0.15) is 5.10 Å². The summed E-state index contributed by atoms with van der Waals surface area (Å²) in [7, 11) is 0. The molecule has 0 bridgehead atoms. The molecule has 0 unspecified atom stereocenters. The van der Waals surface area contributed by atoms with Crippen LogP contribution in [0.5, 0.6) is 5.75 Å². The van der Waals surface area contributed by atoms with E-state index in [1.54, 1.807) is 6.21 Å². The van der Waals surface area contributed by atoms with Crippen molar-refractivity contribution in [1.29, 1.82) is 0 Å². The number of para-hydroxylation sites is 1. The first kappa shape index (κ1) is 12.6. The molecule has 1 aromatic carbocycles. The van der Waals surface area contributed by atoms with Crippen LogP contribution in [0.1, 0.15) is 33.3 Å². The van der Waals surface area contributed by atoms with E-state index in [0.717, 1.165) is 11.3 Å². The molecule has 0 aliphatic rings. The second-order valence-electron chi connectivity index (χ2n) is 4.59. The molecule has 0 radical (unpaired) electrons. The van der Waals surface area contributed by atoms with Gasteiger partial charge in [0.1, 0.15) is 5.75 Å². The van der Waals surface area contributed by atoms with Crippen molar-refractivity contribution in [2.24, 2.45) is 5.10 Å². The second kappa shape index (κ2) is 5.54. The predicted molar refractivity (Wildman–Crippen MR) is 68.1 cm³/mol. The minimum atomic E-state index is -0.0168. The Morgan fingerprint density at radius 1 is 1.31 bits per heavy atom. The Bertz CT molecular complexity index is 353. The summed E-state index contributed by atoms with van der Waals surface area (Å²) in [5.74, 6) is 0.865. The largest absolute Gasteiger partial charge is 0.493 e. The van der Waals surface area contributed by atoms with Gasteiger partial charge in [0.15, 0.2) is 0 Å². The lowest BCUT2D eigenvalue weighted by molar-refractivity contribution is 0.339. The zero-order valence-electron chi connectivity index (χ0n) is 10.4. The molecule has 1 N–H and O–H groups in total. The Morgan fingerprint density at radius 3 is 2.62 bits per heavy atom. The van der Waals surface area contributed by atoms with E-state index in [1.807, 2.05) is 31.2 Å². The number of hydrogen-bond donors (Lipinski definition) is 1. The SMILES string of the molecule is CCOc1ccccc1C=NNC(C)(C)C. The second-order valence-corrected chi connectivity index (χ2v) is 4.59. The fourth-order valence-electron chi connectivity index (χ4n) is 1.17. The lowest BCUT2D eigenvalue weighted by Crippen LogP contribution is -2.31. The first-order valence-corrected chi connectivity index (χ1v) is 5.55. The highest BCUT2D eigenvalue weighted by Crippen LogP contribution is 2.15. The maximum Gasteiger partial charge on any atom is 0.128 e. The molecule has 3 nitrogen and oxygen atoms in total. The first-order chi connectivity index (χ1) is 7.53. The summed E-state index contributed by atoms with van der Waals surface area (Å²) in [5, 5.41) is 4.20. The quantitative estimate of drug-likeness (QED) is 0.625. The highest BCUT2D eigenvalue weighted by molar-refractivity contribution is 5.83. The fourth-order valence-corrected chi connectivity index (χ4v) is 1.17. The molecule has 1 aromatic rings. The third kappa shape index (κ3) is 4.34. The zero-order valence-corrected chi connectivity index (χ0v) is 10.4. The topological polar surface area (TPSA) is 33.6 Å². The molecule has 0 saturated carbocycles. The first-order valence-electron chi connectivity index (χ1n) is 5.55. The van der Waals surface area contributed by atoms with Crippen LogP contribution in [0.3, 0.4) is 0 Å². The standard InChI is InChI=1S/C13H20N2O/c1-5-16-12-9-7-6-8-11(12)10-14-15-13(2,3)4/h6-10,15H,5H2,1-4H3. The number of rotatable bonds is 4. The van der Waals surface area contributed by atoms with E-state index in [2.05, 4.69) is 31.3 Å². The molecule has 1 rings (SSSR count). The Labute approximate surface area is 97.5 Å².